The van der Waals surface area contributed by atoms with Gasteiger partial charge in [0.1, 0.15) is 5.75 Å². The topological polar surface area (TPSA) is 47.6 Å². The van der Waals surface area contributed by atoms with Gasteiger partial charge in [-0.15, -0.1) is 0 Å². The van der Waals surface area contributed by atoms with Crippen LogP contribution in [0.25, 0.3) is 0 Å². The highest BCUT2D eigenvalue weighted by atomic mass is 16.5. The molecule has 1 aromatic rings. The lowest BCUT2D eigenvalue weighted by atomic mass is 9.92. The number of nitrogens with one attached hydrogen (secondary N) is 1. The Bertz CT molecular complexity index is 454. The molecule has 102 valence electrons. The average Bonchev–Trinajstić information content (AvgIpc) is 2.97. The molecular formula is C15H19NO3. The molecule has 4 nitrogen and oxygen atoms in total. The predicted octanol–water partition coefficient (Wildman–Crippen LogP) is 1.85. The molecule has 0 aliphatic carbocycles. The van der Waals surface area contributed by atoms with E-state index < -0.39 is 0 Å². The van der Waals surface area contributed by atoms with E-state index in [2.05, 4.69) is 5.32 Å². The quantitative estimate of drug-likeness (QED) is 0.903. The third-order valence-electron chi connectivity index (χ3n) is 3.80. The molecule has 1 saturated heterocycles. The van der Waals surface area contributed by atoms with E-state index in [1.807, 2.05) is 24.3 Å². The Morgan fingerprint density at radius 1 is 1.26 bits per heavy atom. The molecular weight excluding hydrogens is 242 g/mol. The van der Waals surface area contributed by atoms with Gasteiger partial charge in [-0.05, 0) is 25.3 Å². The van der Waals surface area contributed by atoms with Crippen LogP contribution in [0.15, 0.2) is 24.3 Å². The van der Waals surface area contributed by atoms with E-state index >= 15 is 0 Å². The van der Waals surface area contributed by atoms with Gasteiger partial charge in [-0.2, -0.15) is 0 Å². The molecule has 19 heavy (non-hydrogen) atoms. The van der Waals surface area contributed by atoms with Gasteiger partial charge >= 0.3 is 0 Å². The van der Waals surface area contributed by atoms with Crippen LogP contribution in [0.1, 0.15) is 30.7 Å². The van der Waals surface area contributed by atoms with Gasteiger partial charge in [-0.1, -0.05) is 18.2 Å². The van der Waals surface area contributed by atoms with Crippen molar-refractivity contribution in [1.82, 2.24) is 5.32 Å². The van der Waals surface area contributed by atoms with Crippen molar-refractivity contribution in [2.75, 3.05) is 19.8 Å². The number of hydrogen-bond donors (Lipinski definition) is 1. The predicted molar refractivity (Wildman–Crippen MR) is 71.3 cm³/mol. The summed E-state index contributed by atoms with van der Waals surface area (Å²) in [6.07, 6.45) is 3.08. The largest absolute Gasteiger partial charge is 0.493 e. The zero-order chi connectivity index (χ0) is 13.1. The van der Waals surface area contributed by atoms with Crippen molar-refractivity contribution < 1.29 is 14.3 Å². The zero-order valence-electron chi connectivity index (χ0n) is 10.9. The van der Waals surface area contributed by atoms with E-state index in [1.54, 1.807) is 0 Å². The number of para-hydroxylation sites is 1. The number of hydrogen-bond acceptors (Lipinski definition) is 3. The Balaban J connectivity index is 1.64. The molecule has 1 fully saturated rings. The smallest absolute Gasteiger partial charge is 0.227 e. The molecule has 2 heterocycles. The number of amides is 1. The first-order valence-corrected chi connectivity index (χ1v) is 6.95. The van der Waals surface area contributed by atoms with Gasteiger partial charge in [-0.3, -0.25) is 4.79 Å². The van der Waals surface area contributed by atoms with E-state index in [4.69, 9.17) is 9.47 Å². The van der Waals surface area contributed by atoms with Crippen molar-refractivity contribution in [2.45, 2.75) is 31.3 Å². The summed E-state index contributed by atoms with van der Waals surface area (Å²) in [5.74, 6) is 0.837. The molecule has 0 saturated carbocycles. The lowest BCUT2D eigenvalue weighted by Crippen LogP contribution is -2.36. The van der Waals surface area contributed by atoms with E-state index in [0.29, 0.717) is 13.2 Å². The standard InChI is InChI=1S/C15H19NO3/c17-15(16-10-11-4-3-8-18-11)13-7-9-19-14-6-2-1-5-12(13)14/h1-2,5-6,11,13H,3-4,7-10H2,(H,16,17). The van der Waals surface area contributed by atoms with Gasteiger partial charge in [0.2, 0.25) is 5.91 Å². The van der Waals surface area contributed by atoms with E-state index in [0.717, 1.165) is 37.2 Å². The molecule has 2 unspecified atom stereocenters. The number of carbonyl (C=O) groups is 1. The Morgan fingerprint density at radius 3 is 3.00 bits per heavy atom. The molecule has 2 aliphatic rings. The third kappa shape index (κ3) is 2.73. The highest BCUT2D eigenvalue weighted by molar-refractivity contribution is 5.84. The number of benzene rings is 1. The van der Waals surface area contributed by atoms with Crippen LogP contribution in [-0.4, -0.2) is 31.8 Å². The molecule has 1 aromatic carbocycles. The average molecular weight is 261 g/mol. The summed E-state index contributed by atoms with van der Waals surface area (Å²) in [4.78, 5) is 12.3. The van der Waals surface area contributed by atoms with Crippen molar-refractivity contribution >= 4 is 5.91 Å². The van der Waals surface area contributed by atoms with Gasteiger partial charge < -0.3 is 14.8 Å². The molecule has 0 bridgehead atoms. The minimum absolute atomic E-state index is 0.0891. The molecule has 1 N–H and O–H groups in total. The molecule has 3 rings (SSSR count). The lowest BCUT2D eigenvalue weighted by molar-refractivity contribution is -0.123. The Labute approximate surface area is 113 Å². The van der Waals surface area contributed by atoms with E-state index in [9.17, 15) is 4.79 Å². The molecule has 4 heteroatoms. The number of rotatable bonds is 3. The first-order valence-electron chi connectivity index (χ1n) is 6.95. The fraction of sp³-hybridized carbons (Fsp3) is 0.533. The van der Waals surface area contributed by atoms with Crippen LogP contribution in [0.4, 0.5) is 0 Å². The summed E-state index contributed by atoms with van der Waals surface area (Å²) in [5.41, 5.74) is 0.999. The van der Waals surface area contributed by atoms with Crippen molar-refractivity contribution in [2.24, 2.45) is 0 Å². The fourth-order valence-corrected chi connectivity index (χ4v) is 2.76. The first-order chi connectivity index (χ1) is 9.34. The second kappa shape index (κ2) is 5.61. The zero-order valence-corrected chi connectivity index (χ0v) is 10.9. The van der Waals surface area contributed by atoms with E-state index in [1.165, 1.54) is 0 Å². The van der Waals surface area contributed by atoms with Crippen molar-refractivity contribution in [1.29, 1.82) is 0 Å². The molecule has 0 aromatic heterocycles. The van der Waals surface area contributed by atoms with Crippen molar-refractivity contribution in [3.63, 3.8) is 0 Å². The summed E-state index contributed by atoms with van der Waals surface area (Å²) in [6, 6.07) is 7.79. The Morgan fingerprint density at radius 2 is 2.16 bits per heavy atom. The van der Waals surface area contributed by atoms with Crippen LogP contribution in [0.5, 0.6) is 5.75 Å². The Kier molecular flexibility index (Phi) is 3.69. The summed E-state index contributed by atoms with van der Waals surface area (Å²) in [6.45, 7) is 2.05. The van der Waals surface area contributed by atoms with Gasteiger partial charge in [0.25, 0.3) is 0 Å². The SMILES string of the molecule is O=C(NCC1CCCO1)C1CCOc2ccccc21. The summed E-state index contributed by atoms with van der Waals surface area (Å²) in [7, 11) is 0. The van der Waals surface area contributed by atoms with Crippen LogP contribution in [0, 0.1) is 0 Å². The monoisotopic (exact) mass is 261 g/mol. The first kappa shape index (κ1) is 12.5. The number of fused-ring (bicyclic) bond motifs is 1. The summed E-state index contributed by atoms with van der Waals surface area (Å²) in [5, 5.41) is 3.02. The molecule has 1 amide bonds. The minimum Gasteiger partial charge on any atom is -0.493 e. The third-order valence-corrected chi connectivity index (χ3v) is 3.80. The molecule has 2 atom stereocenters. The Hall–Kier alpha value is -1.55. The molecule has 0 radical (unpaired) electrons. The van der Waals surface area contributed by atoms with Gasteiger partial charge in [-0.25, -0.2) is 0 Å². The molecule has 0 spiro atoms. The van der Waals surface area contributed by atoms with Gasteiger partial charge in [0, 0.05) is 18.7 Å². The van der Waals surface area contributed by atoms with Crippen LogP contribution in [0.2, 0.25) is 0 Å². The van der Waals surface area contributed by atoms with Crippen LogP contribution in [-0.2, 0) is 9.53 Å². The molecule has 2 aliphatic heterocycles. The van der Waals surface area contributed by atoms with Crippen molar-refractivity contribution in [3.05, 3.63) is 29.8 Å². The lowest BCUT2D eigenvalue weighted by Gasteiger charge is -2.25. The summed E-state index contributed by atoms with van der Waals surface area (Å²) < 4.78 is 11.1. The number of carbonyl (C=O) groups excluding carboxylic acids is 1. The fourth-order valence-electron chi connectivity index (χ4n) is 2.76. The number of ether oxygens (including phenoxy) is 2. The summed E-state index contributed by atoms with van der Waals surface area (Å²) >= 11 is 0. The second-order valence-electron chi connectivity index (χ2n) is 5.11. The van der Waals surface area contributed by atoms with E-state index in [-0.39, 0.29) is 17.9 Å². The van der Waals surface area contributed by atoms with Crippen LogP contribution in [0.3, 0.4) is 0 Å². The normalized spacial score (nSPS) is 25.5. The second-order valence-corrected chi connectivity index (χ2v) is 5.11. The highest BCUT2D eigenvalue weighted by Gasteiger charge is 2.28. The van der Waals surface area contributed by atoms with Crippen LogP contribution < -0.4 is 10.1 Å². The minimum atomic E-state index is -0.0913. The van der Waals surface area contributed by atoms with Gasteiger partial charge in [0.05, 0.1) is 18.6 Å². The maximum Gasteiger partial charge on any atom is 0.227 e. The maximum absolute atomic E-state index is 12.3. The van der Waals surface area contributed by atoms with Gasteiger partial charge in [0.15, 0.2) is 0 Å². The van der Waals surface area contributed by atoms with Crippen molar-refractivity contribution in [3.8, 4) is 5.75 Å². The highest BCUT2D eigenvalue weighted by Crippen LogP contribution is 2.33. The van der Waals surface area contributed by atoms with Crippen LogP contribution >= 0.6 is 0 Å². The maximum atomic E-state index is 12.3.